The fraction of sp³-hybridized carbons (Fsp3) is 0.158. The van der Waals surface area contributed by atoms with Crippen LogP contribution < -0.4 is 0 Å². The summed E-state index contributed by atoms with van der Waals surface area (Å²) in [5.41, 5.74) is 0.343. The van der Waals surface area contributed by atoms with Crippen molar-refractivity contribution in [3.8, 4) is 11.4 Å². The van der Waals surface area contributed by atoms with E-state index in [1.807, 2.05) is 0 Å². The van der Waals surface area contributed by atoms with Crippen LogP contribution in [-0.4, -0.2) is 34.7 Å². The molecule has 0 atom stereocenters. The molecule has 0 amide bonds. The van der Waals surface area contributed by atoms with Crippen LogP contribution in [0.25, 0.3) is 11.4 Å². The van der Waals surface area contributed by atoms with E-state index in [4.69, 9.17) is 0 Å². The Morgan fingerprint density at radius 1 is 1.07 bits per heavy atom. The molecule has 0 spiro atoms. The number of hydrogen-bond donors (Lipinski definition) is 0. The van der Waals surface area contributed by atoms with Gasteiger partial charge in [0, 0.05) is 12.3 Å². The molecule has 0 fully saturated rings. The van der Waals surface area contributed by atoms with Gasteiger partial charge in [-0.15, -0.1) is 16.8 Å². The van der Waals surface area contributed by atoms with Gasteiger partial charge in [0.05, 0.1) is 16.2 Å². The summed E-state index contributed by atoms with van der Waals surface area (Å²) in [5.74, 6) is 0.279. The Morgan fingerprint density at radius 3 is 2.48 bits per heavy atom. The van der Waals surface area contributed by atoms with E-state index in [9.17, 15) is 12.8 Å². The van der Waals surface area contributed by atoms with Crippen molar-refractivity contribution in [3.63, 3.8) is 0 Å². The van der Waals surface area contributed by atoms with Gasteiger partial charge in [-0.3, -0.25) is 4.57 Å². The van der Waals surface area contributed by atoms with Gasteiger partial charge < -0.3 is 0 Å². The molecule has 0 radical (unpaired) electrons. The average Bonchev–Trinajstić information content (AvgIpc) is 3.06. The third-order valence-corrected chi connectivity index (χ3v) is 6.79. The molecule has 0 unspecified atom stereocenters. The number of allylic oxidation sites excluding steroid dienone is 1. The molecule has 0 aliphatic carbocycles. The van der Waals surface area contributed by atoms with Crippen molar-refractivity contribution in [1.29, 1.82) is 0 Å². The number of nitrogens with zero attached hydrogens (tertiary/aromatic N) is 3. The minimum absolute atomic E-state index is 0.0301. The van der Waals surface area contributed by atoms with Crippen LogP contribution in [0.2, 0.25) is 0 Å². The zero-order valence-corrected chi connectivity index (χ0v) is 16.1. The average molecular weight is 404 g/mol. The van der Waals surface area contributed by atoms with Gasteiger partial charge in [0.25, 0.3) is 0 Å². The van der Waals surface area contributed by atoms with Gasteiger partial charge in [-0.2, -0.15) is 0 Å². The van der Waals surface area contributed by atoms with Gasteiger partial charge in [0.15, 0.2) is 20.8 Å². The van der Waals surface area contributed by atoms with Crippen molar-refractivity contribution in [1.82, 2.24) is 14.8 Å². The topological polar surface area (TPSA) is 64.8 Å². The molecule has 0 bridgehead atoms. The maximum atomic E-state index is 14.1. The van der Waals surface area contributed by atoms with Crippen molar-refractivity contribution in [2.24, 2.45) is 0 Å². The number of hydrogen-bond acceptors (Lipinski definition) is 5. The van der Waals surface area contributed by atoms with E-state index in [1.165, 1.54) is 17.8 Å². The summed E-state index contributed by atoms with van der Waals surface area (Å²) in [7, 11) is -3.37. The first-order valence-electron chi connectivity index (χ1n) is 8.22. The Kier molecular flexibility index (Phi) is 6.08. The predicted octanol–water partition coefficient (Wildman–Crippen LogP) is 3.84. The highest BCUT2D eigenvalue weighted by atomic mass is 32.2. The maximum absolute atomic E-state index is 14.1. The molecule has 1 aromatic heterocycles. The molecule has 1 heterocycles. The highest BCUT2D eigenvalue weighted by molar-refractivity contribution is 8.00. The van der Waals surface area contributed by atoms with E-state index < -0.39 is 15.7 Å². The maximum Gasteiger partial charge on any atom is 0.191 e. The number of rotatable bonds is 8. The monoisotopic (exact) mass is 403 g/mol. The lowest BCUT2D eigenvalue weighted by molar-refractivity contribution is 0.597. The van der Waals surface area contributed by atoms with Crippen molar-refractivity contribution in [2.45, 2.75) is 16.6 Å². The minimum Gasteiger partial charge on any atom is -0.298 e. The Morgan fingerprint density at radius 2 is 1.78 bits per heavy atom. The summed E-state index contributed by atoms with van der Waals surface area (Å²) in [6.07, 6.45) is 1.67. The third kappa shape index (κ3) is 4.45. The second-order valence-corrected chi connectivity index (χ2v) is 8.84. The van der Waals surface area contributed by atoms with E-state index in [2.05, 4.69) is 16.8 Å². The van der Waals surface area contributed by atoms with E-state index in [-0.39, 0.29) is 5.75 Å². The quantitative estimate of drug-likeness (QED) is 0.422. The number of sulfone groups is 1. The molecule has 8 heteroatoms. The van der Waals surface area contributed by atoms with Gasteiger partial charge >= 0.3 is 0 Å². The van der Waals surface area contributed by atoms with Gasteiger partial charge in [0.2, 0.25) is 0 Å². The smallest absolute Gasteiger partial charge is 0.191 e. The van der Waals surface area contributed by atoms with E-state index in [1.54, 1.807) is 59.2 Å². The summed E-state index contributed by atoms with van der Waals surface area (Å²) in [6.45, 7) is 4.11. The van der Waals surface area contributed by atoms with Gasteiger partial charge in [-0.25, -0.2) is 12.8 Å². The first kappa shape index (κ1) is 19.3. The largest absolute Gasteiger partial charge is 0.298 e. The van der Waals surface area contributed by atoms with E-state index in [0.29, 0.717) is 33.7 Å². The summed E-state index contributed by atoms with van der Waals surface area (Å²) in [5, 5.41) is 8.73. The molecule has 5 nitrogen and oxygen atoms in total. The fourth-order valence-electron chi connectivity index (χ4n) is 2.52. The van der Waals surface area contributed by atoms with Crippen LogP contribution in [0.15, 0.2) is 77.3 Å². The second kappa shape index (κ2) is 8.49. The summed E-state index contributed by atoms with van der Waals surface area (Å²) >= 11 is 1.27. The first-order chi connectivity index (χ1) is 13.0. The molecule has 2 aromatic carbocycles. The van der Waals surface area contributed by atoms with Crippen molar-refractivity contribution in [3.05, 3.63) is 73.1 Å². The Labute approximate surface area is 161 Å². The van der Waals surface area contributed by atoms with E-state index in [0.717, 1.165) is 0 Å². The van der Waals surface area contributed by atoms with Crippen LogP contribution in [0.4, 0.5) is 4.39 Å². The second-order valence-electron chi connectivity index (χ2n) is 5.67. The third-order valence-electron chi connectivity index (χ3n) is 3.83. The molecule has 3 aromatic rings. The lowest BCUT2D eigenvalue weighted by Crippen LogP contribution is -2.09. The van der Waals surface area contributed by atoms with Crippen molar-refractivity contribution >= 4 is 21.6 Å². The molecule has 0 aliphatic heterocycles. The lowest BCUT2D eigenvalue weighted by Gasteiger charge is -2.08. The Balaban J connectivity index is 1.78. The van der Waals surface area contributed by atoms with Crippen LogP contribution in [0.1, 0.15) is 0 Å². The number of halogens is 1. The summed E-state index contributed by atoms with van der Waals surface area (Å²) < 4.78 is 40.6. The number of benzene rings is 2. The van der Waals surface area contributed by atoms with Crippen LogP contribution in [0.3, 0.4) is 0 Å². The number of aromatic nitrogens is 3. The molecule has 0 saturated carbocycles. The highest BCUT2D eigenvalue weighted by Gasteiger charge is 2.18. The zero-order valence-electron chi connectivity index (χ0n) is 14.5. The highest BCUT2D eigenvalue weighted by Crippen LogP contribution is 2.26. The molecular weight excluding hydrogens is 385 g/mol. The molecule has 140 valence electrons. The number of thioether (sulfide) groups is 1. The van der Waals surface area contributed by atoms with Gasteiger partial charge in [0.1, 0.15) is 5.82 Å². The lowest BCUT2D eigenvalue weighted by atomic mass is 10.2. The molecule has 27 heavy (non-hydrogen) atoms. The fourth-order valence-corrected chi connectivity index (χ4v) is 5.14. The normalized spacial score (nSPS) is 11.4. The van der Waals surface area contributed by atoms with Crippen LogP contribution in [0.5, 0.6) is 0 Å². The van der Waals surface area contributed by atoms with E-state index >= 15 is 0 Å². The molecule has 0 N–H and O–H groups in total. The summed E-state index contributed by atoms with van der Waals surface area (Å²) in [4.78, 5) is 0.296. The first-order valence-corrected chi connectivity index (χ1v) is 10.9. The standard InChI is InChI=1S/C19H18FN3O2S2/c1-2-12-23-18(16-10-6-7-11-17(16)20)21-22-19(23)26-13-14-27(24,25)15-8-4-3-5-9-15/h2-11H,1,12-14H2. The molecule has 0 aliphatic rings. The van der Waals surface area contributed by atoms with Crippen LogP contribution in [0, 0.1) is 5.82 Å². The van der Waals surface area contributed by atoms with Crippen molar-refractivity contribution in [2.75, 3.05) is 11.5 Å². The van der Waals surface area contributed by atoms with Gasteiger partial charge in [-0.1, -0.05) is 48.2 Å². The predicted molar refractivity (Wildman–Crippen MR) is 105 cm³/mol. The molecule has 3 rings (SSSR count). The summed E-state index contributed by atoms with van der Waals surface area (Å²) in [6, 6.07) is 14.7. The molecule has 0 saturated heterocycles. The van der Waals surface area contributed by atoms with Crippen LogP contribution >= 0.6 is 11.8 Å². The van der Waals surface area contributed by atoms with Crippen molar-refractivity contribution < 1.29 is 12.8 Å². The SMILES string of the molecule is C=CCn1c(SCCS(=O)(=O)c2ccccc2)nnc1-c1ccccc1F. The zero-order chi connectivity index (χ0) is 19.3. The Hall–Kier alpha value is -2.45. The van der Waals surface area contributed by atoms with Gasteiger partial charge in [-0.05, 0) is 24.3 Å². The Bertz CT molecular complexity index is 1030. The molecular formula is C19H18FN3O2S2. The van der Waals surface area contributed by atoms with Crippen LogP contribution in [-0.2, 0) is 16.4 Å². The minimum atomic E-state index is -3.37.